The van der Waals surface area contributed by atoms with Crippen molar-refractivity contribution in [2.24, 2.45) is 11.7 Å². The van der Waals surface area contributed by atoms with Crippen molar-refractivity contribution in [1.82, 2.24) is 4.90 Å². The Labute approximate surface area is 115 Å². The number of carbonyl (C=O) groups is 1. The minimum Gasteiger partial charge on any atom is -0.494 e. The number of para-hydroxylation sites is 1. The highest BCUT2D eigenvalue weighted by Crippen LogP contribution is 2.08. The average Bonchev–Trinajstić information content (AvgIpc) is 2.42. The Kier molecular flexibility index (Phi) is 6.36. The zero-order valence-corrected chi connectivity index (χ0v) is 12.0. The van der Waals surface area contributed by atoms with Gasteiger partial charge in [-0.25, -0.2) is 0 Å². The van der Waals surface area contributed by atoms with Crippen LogP contribution in [0.4, 0.5) is 0 Å². The molecule has 0 aliphatic rings. The fraction of sp³-hybridized carbons (Fsp3) is 0.533. The third kappa shape index (κ3) is 5.30. The summed E-state index contributed by atoms with van der Waals surface area (Å²) in [6, 6.07) is 9.25. The molecule has 0 saturated heterocycles. The molecule has 1 amide bonds. The highest BCUT2D eigenvalue weighted by Gasteiger charge is 2.20. The van der Waals surface area contributed by atoms with Crippen molar-refractivity contribution in [3.8, 4) is 5.75 Å². The molecule has 1 atom stereocenters. The van der Waals surface area contributed by atoms with Gasteiger partial charge in [0.1, 0.15) is 5.75 Å². The molecule has 0 fully saturated rings. The molecule has 0 aliphatic carbocycles. The lowest BCUT2D eigenvalue weighted by molar-refractivity contribution is -0.132. The lowest BCUT2D eigenvalue weighted by atomic mass is 10.0. The maximum absolute atomic E-state index is 11.9. The van der Waals surface area contributed by atoms with Gasteiger partial charge in [0.25, 0.3) is 0 Å². The standard InChI is InChI=1S/C15H24N2O2/c1-12(2)14(16)15(18)17(3)10-7-11-19-13-8-5-4-6-9-13/h4-6,8-9,12,14H,7,10-11,16H2,1-3H3/t14-/m0/s1. The summed E-state index contributed by atoms with van der Waals surface area (Å²) in [7, 11) is 1.78. The van der Waals surface area contributed by atoms with Crippen LogP contribution in [0.1, 0.15) is 20.3 Å². The van der Waals surface area contributed by atoms with Crippen LogP contribution in [0.2, 0.25) is 0 Å². The van der Waals surface area contributed by atoms with Crippen LogP contribution < -0.4 is 10.5 Å². The third-order valence-electron chi connectivity index (χ3n) is 3.03. The second-order valence-electron chi connectivity index (χ2n) is 5.04. The van der Waals surface area contributed by atoms with Gasteiger partial charge >= 0.3 is 0 Å². The Bertz CT molecular complexity index is 379. The Morgan fingerprint density at radius 3 is 2.53 bits per heavy atom. The molecule has 2 N–H and O–H groups in total. The van der Waals surface area contributed by atoms with Crippen molar-refractivity contribution >= 4 is 5.91 Å². The summed E-state index contributed by atoms with van der Waals surface area (Å²) in [6.45, 7) is 5.16. The Hall–Kier alpha value is -1.55. The van der Waals surface area contributed by atoms with Crippen molar-refractivity contribution in [2.45, 2.75) is 26.3 Å². The molecule has 4 heteroatoms. The van der Waals surface area contributed by atoms with Gasteiger partial charge in [0.05, 0.1) is 12.6 Å². The van der Waals surface area contributed by atoms with Crippen molar-refractivity contribution < 1.29 is 9.53 Å². The molecular weight excluding hydrogens is 240 g/mol. The first-order valence-corrected chi connectivity index (χ1v) is 6.70. The molecule has 0 unspecified atom stereocenters. The van der Waals surface area contributed by atoms with E-state index in [1.165, 1.54) is 0 Å². The van der Waals surface area contributed by atoms with E-state index in [2.05, 4.69) is 0 Å². The number of hydrogen-bond acceptors (Lipinski definition) is 3. The van der Waals surface area contributed by atoms with Crippen molar-refractivity contribution in [1.29, 1.82) is 0 Å². The molecule has 1 aromatic rings. The van der Waals surface area contributed by atoms with Gasteiger partial charge in [-0.1, -0.05) is 32.0 Å². The molecule has 0 spiro atoms. The maximum Gasteiger partial charge on any atom is 0.239 e. The van der Waals surface area contributed by atoms with E-state index in [1.807, 2.05) is 44.2 Å². The van der Waals surface area contributed by atoms with Gasteiger partial charge in [0.2, 0.25) is 5.91 Å². The van der Waals surface area contributed by atoms with Crippen molar-refractivity contribution in [2.75, 3.05) is 20.2 Å². The zero-order chi connectivity index (χ0) is 14.3. The number of ether oxygens (including phenoxy) is 1. The van der Waals surface area contributed by atoms with Crippen LogP contribution in [0.25, 0.3) is 0 Å². The summed E-state index contributed by atoms with van der Waals surface area (Å²) in [5.41, 5.74) is 5.83. The molecule has 106 valence electrons. The topological polar surface area (TPSA) is 55.6 Å². The molecule has 1 rings (SSSR count). The Morgan fingerprint density at radius 2 is 1.95 bits per heavy atom. The van der Waals surface area contributed by atoms with Gasteiger partial charge in [-0.15, -0.1) is 0 Å². The maximum atomic E-state index is 11.9. The molecule has 0 aromatic heterocycles. The fourth-order valence-electron chi connectivity index (χ4n) is 1.66. The lowest BCUT2D eigenvalue weighted by Crippen LogP contribution is -2.45. The van der Waals surface area contributed by atoms with Crippen molar-refractivity contribution in [3.63, 3.8) is 0 Å². The first-order valence-electron chi connectivity index (χ1n) is 6.70. The zero-order valence-electron chi connectivity index (χ0n) is 12.0. The van der Waals surface area contributed by atoms with Gasteiger partial charge in [-0.2, -0.15) is 0 Å². The number of hydrogen-bond donors (Lipinski definition) is 1. The molecular formula is C15H24N2O2. The second-order valence-corrected chi connectivity index (χ2v) is 5.04. The van der Waals surface area contributed by atoms with Crippen LogP contribution in [-0.4, -0.2) is 37.0 Å². The number of rotatable bonds is 7. The van der Waals surface area contributed by atoms with E-state index < -0.39 is 6.04 Å². The van der Waals surface area contributed by atoms with Crippen LogP contribution in [-0.2, 0) is 4.79 Å². The second kappa shape index (κ2) is 7.79. The number of benzene rings is 1. The van der Waals surface area contributed by atoms with E-state index in [-0.39, 0.29) is 11.8 Å². The number of likely N-dealkylation sites (N-methyl/N-ethyl adjacent to an activating group) is 1. The predicted molar refractivity (Wildman–Crippen MR) is 77.0 cm³/mol. The summed E-state index contributed by atoms with van der Waals surface area (Å²) < 4.78 is 5.57. The molecule has 0 radical (unpaired) electrons. The normalized spacial score (nSPS) is 12.3. The van der Waals surface area contributed by atoms with Crippen LogP contribution in [0.15, 0.2) is 30.3 Å². The summed E-state index contributed by atoms with van der Waals surface area (Å²) in [5, 5.41) is 0. The number of amides is 1. The van der Waals surface area contributed by atoms with Gasteiger partial charge < -0.3 is 15.4 Å². The van der Waals surface area contributed by atoms with Crippen LogP contribution in [0.5, 0.6) is 5.75 Å². The number of nitrogens with zero attached hydrogens (tertiary/aromatic N) is 1. The lowest BCUT2D eigenvalue weighted by Gasteiger charge is -2.23. The molecule has 0 aliphatic heterocycles. The van der Waals surface area contributed by atoms with Gasteiger partial charge in [-0.05, 0) is 24.5 Å². The van der Waals surface area contributed by atoms with Gasteiger partial charge in [0.15, 0.2) is 0 Å². The minimum atomic E-state index is -0.417. The summed E-state index contributed by atoms with van der Waals surface area (Å²) in [5.74, 6) is 1.01. The smallest absolute Gasteiger partial charge is 0.239 e. The van der Waals surface area contributed by atoms with E-state index in [9.17, 15) is 4.79 Å². The quantitative estimate of drug-likeness (QED) is 0.765. The van der Waals surface area contributed by atoms with Gasteiger partial charge in [-0.3, -0.25) is 4.79 Å². The van der Waals surface area contributed by atoms with Crippen LogP contribution >= 0.6 is 0 Å². The number of carbonyl (C=O) groups excluding carboxylic acids is 1. The molecule has 0 bridgehead atoms. The minimum absolute atomic E-state index is 0.00490. The van der Waals surface area contributed by atoms with Crippen LogP contribution in [0, 0.1) is 5.92 Å². The molecule has 0 heterocycles. The predicted octanol–water partition coefficient (Wildman–Crippen LogP) is 1.90. The molecule has 4 nitrogen and oxygen atoms in total. The fourth-order valence-corrected chi connectivity index (χ4v) is 1.66. The van der Waals surface area contributed by atoms with E-state index in [1.54, 1.807) is 11.9 Å². The van der Waals surface area contributed by atoms with E-state index in [0.717, 1.165) is 12.2 Å². The highest BCUT2D eigenvalue weighted by molar-refractivity contribution is 5.81. The summed E-state index contributed by atoms with van der Waals surface area (Å²) in [6.07, 6.45) is 0.794. The van der Waals surface area contributed by atoms with E-state index in [0.29, 0.717) is 13.2 Å². The highest BCUT2D eigenvalue weighted by atomic mass is 16.5. The van der Waals surface area contributed by atoms with Crippen LogP contribution in [0.3, 0.4) is 0 Å². The summed E-state index contributed by atoms with van der Waals surface area (Å²) in [4.78, 5) is 13.6. The monoisotopic (exact) mass is 264 g/mol. The Balaban J connectivity index is 2.24. The third-order valence-corrected chi connectivity index (χ3v) is 3.03. The first kappa shape index (κ1) is 15.5. The SMILES string of the molecule is CC(C)[C@H](N)C(=O)N(C)CCCOc1ccccc1. The average molecular weight is 264 g/mol. The molecule has 0 saturated carbocycles. The van der Waals surface area contributed by atoms with E-state index in [4.69, 9.17) is 10.5 Å². The van der Waals surface area contributed by atoms with Gasteiger partial charge in [0, 0.05) is 13.6 Å². The van der Waals surface area contributed by atoms with Crippen molar-refractivity contribution in [3.05, 3.63) is 30.3 Å². The van der Waals surface area contributed by atoms with E-state index >= 15 is 0 Å². The Morgan fingerprint density at radius 1 is 1.32 bits per heavy atom. The largest absolute Gasteiger partial charge is 0.494 e. The summed E-state index contributed by atoms with van der Waals surface area (Å²) >= 11 is 0. The first-order chi connectivity index (χ1) is 9.02. The molecule has 1 aromatic carbocycles. The molecule has 19 heavy (non-hydrogen) atoms. The number of nitrogens with two attached hydrogens (primary N) is 1.